The summed E-state index contributed by atoms with van der Waals surface area (Å²) in [5.41, 5.74) is 7.65. The Labute approximate surface area is 343 Å². The van der Waals surface area contributed by atoms with E-state index >= 15 is 0 Å². The van der Waals surface area contributed by atoms with Gasteiger partial charge in [0.05, 0.1) is 11.0 Å². The predicted molar refractivity (Wildman–Crippen MR) is 248 cm³/mol. The first-order valence-electron chi connectivity index (χ1n) is 20.3. The Kier molecular flexibility index (Phi) is 6.95. The minimum Gasteiger partial charge on any atom is -0.455 e. The first kappa shape index (κ1) is 32.9. The van der Waals surface area contributed by atoms with Gasteiger partial charge >= 0.3 is 0 Å². The molecule has 5 nitrogen and oxygen atoms in total. The molecule has 0 saturated carbocycles. The van der Waals surface area contributed by atoms with Crippen molar-refractivity contribution in [1.29, 1.82) is 0 Å². The van der Waals surface area contributed by atoms with Gasteiger partial charge in [0.25, 0.3) is 0 Å². The van der Waals surface area contributed by atoms with E-state index in [0.29, 0.717) is 17.6 Å². The molecule has 10 aromatic carbocycles. The van der Waals surface area contributed by atoms with E-state index in [4.69, 9.17) is 19.4 Å². The van der Waals surface area contributed by atoms with Crippen molar-refractivity contribution in [2.24, 2.45) is 0 Å². The smallest absolute Gasteiger partial charge is 0.238 e. The van der Waals surface area contributed by atoms with Gasteiger partial charge in [0.2, 0.25) is 5.95 Å². The second-order valence-electron chi connectivity index (χ2n) is 15.5. The lowest BCUT2D eigenvalue weighted by molar-refractivity contribution is 0.672. The molecule has 3 heterocycles. The molecule has 0 fully saturated rings. The van der Waals surface area contributed by atoms with Crippen molar-refractivity contribution in [3.05, 3.63) is 194 Å². The molecule has 0 unspecified atom stereocenters. The Bertz CT molecular complexity index is 3810. The van der Waals surface area contributed by atoms with Crippen molar-refractivity contribution < 1.29 is 4.42 Å². The molecule has 0 amide bonds. The fraction of sp³-hybridized carbons (Fsp3) is 0. The molecule has 5 heteroatoms. The number of hydrogen-bond donors (Lipinski definition) is 0. The van der Waals surface area contributed by atoms with Crippen LogP contribution in [-0.2, 0) is 0 Å². The van der Waals surface area contributed by atoms with Crippen molar-refractivity contribution in [1.82, 2.24) is 19.5 Å². The summed E-state index contributed by atoms with van der Waals surface area (Å²) in [4.78, 5) is 16.5. The monoisotopic (exact) mass is 764 g/mol. The molecule has 0 atom stereocenters. The van der Waals surface area contributed by atoms with Crippen LogP contribution in [0.15, 0.2) is 199 Å². The van der Waals surface area contributed by atoms with Crippen LogP contribution in [0.25, 0.3) is 127 Å². The molecule has 0 radical (unpaired) electrons. The fourth-order valence-electron chi connectivity index (χ4n) is 9.49. The standard InChI is InChI=1S/C55H32N4O/c1-2-13-33(14-3-1)44-31-37-18-4-5-19-38(37)32-45(44)54-56-53(43-23-12-24-48-49(43)42-28-25-36-17-8-11-22-41(36)52(42)60-48)57-55(58-54)59-46-29-26-34-15-6-9-20-39(34)50(46)51-40-21-10-7-16-35(40)27-30-47(51)59/h1-32H. The lowest BCUT2D eigenvalue weighted by Crippen LogP contribution is -2.07. The van der Waals surface area contributed by atoms with E-state index < -0.39 is 0 Å². The van der Waals surface area contributed by atoms with Gasteiger partial charge in [-0.2, -0.15) is 9.97 Å². The molecule has 278 valence electrons. The normalized spacial score (nSPS) is 12.0. The third-order valence-electron chi connectivity index (χ3n) is 12.2. The number of fused-ring (bicyclic) bond motifs is 13. The maximum Gasteiger partial charge on any atom is 0.238 e. The van der Waals surface area contributed by atoms with Gasteiger partial charge in [-0.05, 0) is 85.2 Å². The lowest BCUT2D eigenvalue weighted by atomic mass is 9.95. The second-order valence-corrected chi connectivity index (χ2v) is 15.5. The van der Waals surface area contributed by atoms with Crippen LogP contribution in [0.5, 0.6) is 0 Å². The van der Waals surface area contributed by atoms with Crippen LogP contribution in [0.1, 0.15) is 0 Å². The van der Waals surface area contributed by atoms with Gasteiger partial charge in [-0.15, -0.1) is 0 Å². The average molecular weight is 765 g/mol. The van der Waals surface area contributed by atoms with E-state index in [0.717, 1.165) is 76.8 Å². The third-order valence-corrected chi connectivity index (χ3v) is 12.2. The molecule has 0 aliphatic heterocycles. The minimum absolute atomic E-state index is 0.544. The Morgan fingerprint density at radius 2 is 0.883 bits per heavy atom. The van der Waals surface area contributed by atoms with Crippen LogP contribution >= 0.6 is 0 Å². The highest BCUT2D eigenvalue weighted by Crippen LogP contribution is 2.43. The lowest BCUT2D eigenvalue weighted by Gasteiger charge is -2.15. The van der Waals surface area contributed by atoms with E-state index in [9.17, 15) is 0 Å². The summed E-state index contributed by atoms with van der Waals surface area (Å²) in [6.45, 7) is 0. The highest BCUT2D eigenvalue weighted by Gasteiger charge is 2.24. The number of nitrogens with zero attached hydrogens (tertiary/aromatic N) is 4. The quantitative estimate of drug-likeness (QED) is 0.179. The van der Waals surface area contributed by atoms with Crippen LogP contribution in [0.3, 0.4) is 0 Å². The van der Waals surface area contributed by atoms with E-state index in [-0.39, 0.29) is 0 Å². The number of furan rings is 1. The zero-order valence-corrected chi connectivity index (χ0v) is 32.2. The summed E-state index contributed by atoms with van der Waals surface area (Å²) < 4.78 is 8.93. The first-order valence-corrected chi connectivity index (χ1v) is 20.3. The number of hydrogen-bond acceptors (Lipinski definition) is 4. The Morgan fingerprint density at radius 1 is 0.350 bits per heavy atom. The molecule has 0 aliphatic rings. The summed E-state index contributed by atoms with van der Waals surface area (Å²) in [5.74, 6) is 1.70. The first-order chi connectivity index (χ1) is 29.7. The molecule has 13 aromatic rings. The van der Waals surface area contributed by atoms with Gasteiger partial charge < -0.3 is 4.42 Å². The predicted octanol–water partition coefficient (Wildman–Crippen LogP) is 14.5. The van der Waals surface area contributed by atoms with Crippen LogP contribution in [0.2, 0.25) is 0 Å². The summed E-state index contributed by atoms with van der Waals surface area (Å²) in [5, 5.41) is 13.6. The van der Waals surface area contributed by atoms with E-state index in [1.54, 1.807) is 0 Å². The van der Waals surface area contributed by atoms with Gasteiger partial charge in [-0.3, -0.25) is 4.57 Å². The van der Waals surface area contributed by atoms with E-state index in [1.165, 1.54) is 32.3 Å². The largest absolute Gasteiger partial charge is 0.455 e. The molecular formula is C55H32N4O. The molecule has 0 N–H and O–H groups in total. The molecular weight excluding hydrogens is 733 g/mol. The van der Waals surface area contributed by atoms with Crippen LogP contribution in [0.4, 0.5) is 0 Å². The van der Waals surface area contributed by atoms with Crippen molar-refractivity contribution in [2.45, 2.75) is 0 Å². The fourth-order valence-corrected chi connectivity index (χ4v) is 9.49. The van der Waals surface area contributed by atoms with E-state index in [1.807, 2.05) is 12.1 Å². The van der Waals surface area contributed by atoms with Crippen LogP contribution in [0, 0.1) is 0 Å². The van der Waals surface area contributed by atoms with Gasteiger partial charge in [-0.25, -0.2) is 4.98 Å². The molecule has 3 aromatic heterocycles. The summed E-state index contributed by atoms with van der Waals surface area (Å²) in [6.07, 6.45) is 0. The van der Waals surface area contributed by atoms with Gasteiger partial charge in [0.15, 0.2) is 11.6 Å². The van der Waals surface area contributed by atoms with Crippen molar-refractivity contribution >= 4 is 86.8 Å². The van der Waals surface area contributed by atoms with Crippen molar-refractivity contribution in [2.75, 3.05) is 0 Å². The van der Waals surface area contributed by atoms with Crippen LogP contribution < -0.4 is 0 Å². The maximum absolute atomic E-state index is 6.69. The molecule has 0 aliphatic carbocycles. The highest BCUT2D eigenvalue weighted by molar-refractivity contribution is 6.28. The average Bonchev–Trinajstić information content (AvgIpc) is 3.88. The molecule has 0 bridgehead atoms. The van der Waals surface area contributed by atoms with Gasteiger partial charge in [0.1, 0.15) is 11.2 Å². The molecule has 0 spiro atoms. The highest BCUT2D eigenvalue weighted by atomic mass is 16.3. The molecule has 60 heavy (non-hydrogen) atoms. The zero-order chi connectivity index (χ0) is 39.3. The topological polar surface area (TPSA) is 56.7 Å². The van der Waals surface area contributed by atoms with Gasteiger partial charge in [0, 0.05) is 38.1 Å². The minimum atomic E-state index is 0.544. The summed E-state index contributed by atoms with van der Waals surface area (Å²) >= 11 is 0. The molecule has 0 saturated heterocycles. The summed E-state index contributed by atoms with van der Waals surface area (Å²) in [6, 6.07) is 68.5. The van der Waals surface area contributed by atoms with Crippen molar-refractivity contribution in [3.8, 4) is 39.9 Å². The number of rotatable bonds is 4. The second kappa shape index (κ2) is 12.7. The molecule has 13 rings (SSSR count). The number of benzene rings is 10. The zero-order valence-electron chi connectivity index (χ0n) is 32.2. The maximum atomic E-state index is 6.69. The Hall–Kier alpha value is -8.15. The third kappa shape index (κ3) is 4.84. The van der Waals surface area contributed by atoms with E-state index in [2.05, 4.69) is 187 Å². The van der Waals surface area contributed by atoms with Crippen LogP contribution in [-0.4, -0.2) is 19.5 Å². The Balaban J connectivity index is 1.18. The summed E-state index contributed by atoms with van der Waals surface area (Å²) in [7, 11) is 0. The number of aromatic nitrogens is 4. The van der Waals surface area contributed by atoms with Gasteiger partial charge in [-0.1, -0.05) is 158 Å². The SMILES string of the molecule is c1ccc(-c2cc3ccccc3cc2-c2nc(-c3cccc4oc5c6ccccc6ccc5c34)nc(-n3c4ccc5ccccc5c4c4c5ccccc5ccc43)n2)cc1. The Morgan fingerprint density at radius 3 is 1.55 bits per heavy atom. The van der Waals surface area contributed by atoms with Crippen molar-refractivity contribution in [3.63, 3.8) is 0 Å².